The third-order valence-corrected chi connectivity index (χ3v) is 4.11. The number of hydrogen-bond acceptors (Lipinski definition) is 3. The molecule has 2 heterocycles. The Labute approximate surface area is 131 Å². The fourth-order valence-corrected chi connectivity index (χ4v) is 3.17. The van der Waals surface area contributed by atoms with E-state index in [0.717, 1.165) is 37.9 Å². The van der Waals surface area contributed by atoms with E-state index in [-0.39, 0.29) is 24.1 Å². The molecule has 0 saturated carbocycles. The van der Waals surface area contributed by atoms with Crippen LogP contribution >= 0.6 is 0 Å². The van der Waals surface area contributed by atoms with Gasteiger partial charge in [0.2, 0.25) is 5.56 Å². The second-order valence-electron chi connectivity index (χ2n) is 6.52. The number of carbonyl (C=O) groups excluding carboxylic acids is 1. The van der Waals surface area contributed by atoms with Crippen molar-refractivity contribution in [3.05, 3.63) is 33.7 Å². The molecule has 1 unspecified atom stereocenters. The summed E-state index contributed by atoms with van der Waals surface area (Å²) in [6.45, 7) is 5.06. The van der Waals surface area contributed by atoms with E-state index in [2.05, 4.69) is 18.8 Å². The van der Waals surface area contributed by atoms with Crippen LogP contribution in [0.3, 0.4) is 0 Å². The molecule has 5 nitrogen and oxygen atoms in total. The van der Waals surface area contributed by atoms with Gasteiger partial charge in [-0.25, -0.2) is 0 Å². The Morgan fingerprint density at radius 1 is 1.45 bits per heavy atom. The molecular weight excluding hydrogens is 280 g/mol. The highest BCUT2D eigenvalue weighted by Crippen LogP contribution is 2.23. The van der Waals surface area contributed by atoms with Gasteiger partial charge >= 0.3 is 0 Å². The molecule has 1 atom stereocenters. The maximum Gasteiger partial charge on any atom is 0.254 e. The van der Waals surface area contributed by atoms with Gasteiger partial charge in [0, 0.05) is 36.5 Å². The molecule has 2 rings (SSSR count). The zero-order chi connectivity index (χ0) is 16.1. The zero-order valence-electron chi connectivity index (χ0n) is 13.5. The number of aromatic nitrogens is 1. The Morgan fingerprint density at radius 3 is 2.91 bits per heavy atom. The van der Waals surface area contributed by atoms with Crippen LogP contribution in [0.1, 0.15) is 55.6 Å². The molecular formula is C17H26N2O3. The Bertz CT molecular complexity index is 565. The van der Waals surface area contributed by atoms with Crippen molar-refractivity contribution < 1.29 is 9.90 Å². The molecule has 122 valence electrons. The fourth-order valence-electron chi connectivity index (χ4n) is 3.17. The van der Waals surface area contributed by atoms with Gasteiger partial charge in [0.05, 0.1) is 0 Å². The summed E-state index contributed by atoms with van der Waals surface area (Å²) in [4.78, 5) is 29.2. The molecule has 5 heteroatoms. The number of aliphatic hydroxyl groups is 1. The lowest BCUT2D eigenvalue weighted by atomic mass is 10.0. The third-order valence-electron chi connectivity index (χ3n) is 4.11. The van der Waals surface area contributed by atoms with Gasteiger partial charge in [-0.15, -0.1) is 0 Å². The smallest absolute Gasteiger partial charge is 0.254 e. The average Bonchev–Trinajstić information content (AvgIpc) is 2.91. The van der Waals surface area contributed by atoms with Gasteiger partial charge in [0.15, 0.2) is 0 Å². The molecule has 0 aliphatic carbocycles. The van der Waals surface area contributed by atoms with Crippen LogP contribution in [0, 0.1) is 5.92 Å². The molecule has 1 fully saturated rings. The van der Waals surface area contributed by atoms with E-state index < -0.39 is 0 Å². The fraction of sp³-hybridized carbons (Fsp3) is 0.647. The normalized spacial score (nSPS) is 18.2. The highest BCUT2D eigenvalue weighted by atomic mass is 16.3. The topological polar surface area (TPSA) is 73.4 Å². The third kappa shape index (κ3) is 4.19. The van der Waals surface area contributed by atoms with Crippen molar-refractivity contribution in [1.29, 1.82) is 0 Å². The summed E-state index contributed by atoms with van der Waals surface area (Å²) in [5.74, 6) is 0.363. The second kappa shape index (κ2) is 7.58. The van der Waals surface area contributed by atoms with Crippen LogP contribution in [0.2, 0.25) is 0 Å². The summed E-state index contributed by atoms with van der Waals surface area (Å²) in [6.07, 6.45) is 4.26. The van der Waals surface area contributed by atoms with Crippen LogP contribution in [-0.2, 0) is 6.42 Å². The van der Waals surface area contributed by atoms with E-state index in [9.17, 15) is 9.59 Å². The van der Waals surface area contributed by atoms with Crippen molar-refractivity contribution in [2.24, 2.45) is 5.92 Å². The van der Waals surface area contributed by atoms with E-state index in [4.69, 9.17) is 5.11 Å². The highest BCUT2D eigenvalue weighted by molar-refractivity contribution is 5.94. The lowest BCUT2D eigenvalue weighted by Gasteiger charge is -2.24. The number of likely N-dealkylation sites (tertiary alicyclic amines) is 1. The Morgan fingerprint density at radius 2 is 2.23 bits per heavy atom. The maximum absolute atomic E-state index is 12.7. The lowest BCUT2D eigenvalue weighted by Crippen LogP contribution is -2.36. The molecule has 0 radical (unpaired) electrons. The van der Waals surface area contributed by atoms with Crippen molar-refractivity contribution in [1.82, 2.24) is 9.88 Å². The average molecular weight is 306 g/mol. The van der Waals surface area contributed by atoms with E-state index in [1.54, 1.807) is 0 Å². The monoisotopic (exact) mass is 306 g/mol. The zero-order valence-corrected chi connectivity index (χ0v) is 13.5. The first-order chi connectivity index (χ1) is 10.5. The molecule has 1 aliphatic heterocycles. The predicted molar refractivity (Wildman–Crippen MR) is 86.0 cm³/mol. The van der Waals surface area contributed by atoms with Crippen molar-refractivity contribution in [3.63, 3.8) is 0 Å². The number of rotatable bonds is 6. The molecule has 1 aliphatic rings. The minimum atomic E-state index is -0.215. The van der Waals surface area contributed by atoms with E-state index in [1.165, 1.54) is 6.07 Å². The number of nitrogens with one attached hydrogen (secondary N) is 1. The number of aromatic amines is 1. The summed E-state index contributed by atoms with van der Waals surface area (Å²) in [5, 5.41) is 8.98. The summed E-state index contributed by atoms with van der Waals surface area (Å²) in [5.41, 5.74) is 1.08. The lowest BCUT2D eigenvalue weighted by molar-refractivity contribution is 0.0724. The standard InChI is InChI=1S/C17H26N2O3/c1-12(2)9-14-10-13(11-16(21)18-14)17(22)19-7-3-5-15(19)6-4-8-20/h10-12,15,20H,3-9H2,1-2H3,(H,18,21). The number of aliphatic hydroxyl groups excluding tert-OH is 1. The Kier molecular flexibility index (Phi) is 5.77. The minimum absolute atomic E-state index is 0.0588. The number of hydrogen-bond donors (Lipinski definition) is 2. The van der Waals surface area contributed by atoms with Gasteiger partial charge in [-0.05, 0) is 44.1 Å². The first-order valence-corrected chi connectivity index (χ1v) is 8.16. The van der Waals surface area contributed by atoms with E-state index in [1.807, 2.05) is 11.0 Å². The van der Waals surface area contributed by atoms with E-state index in [0.29, 0.717) is 17.9 Å². The van der Waals surface area contributed by atoms with Gasteiger partial charge in [-0.1, -0.05) is 13.8 Å². The van der Waals surface area contributed by atoms with Crippen LogP contribution < -0.4 is 5.56 Å². The van der Waals surface area contributed by atoms with Gasteiger partial charge in [-0.3, -0.25) is 9.59 Å². The minimum Gasteiger partial charge on any atom is -0.396 e. The molecule has 1 aromatic rings. The molecule has 0 aromatic carbocycles. The summed E-state index contributed by atoms with van der Waals surface area (Å²) in [6, 6.07) is 3.39. The number of carbonyl (C=O) groups is 1. The number of pyridine rings is 1. The number of amides is 1. The van der Waals surface area contributed by atoms with Crippen molar-refractivity contribution in [2.45, 2.75) is 52.0 Å². The van der Waals surface area contributed by atoms with Gasteiger partial charge in [0.1, 0.15) is 0 Å². The second-order valence-corrected chi connectivity index (χ2v) is 6.52. The van der Waals surface area contributed by atoms with Gasteiger partial charge in [0.25, 0.3) is 5.91 Å². The molecule has 1 amide bonds. The van der Waals surface area contributed by atoms with Crippen molar-refractivity contribution >= 4 is 5.91 Å². The van der Waals surface area contributed by atoms with Gasteiger partial charge < -0.3 is 15.0 Å². The van der Waals surface area contributed by atoms with E-state index >= 15 is 0 Å². The molecule has 0 bridgehead atoms. The first kappa shape index (κ1) is 16.7. The van der Waals surface area contributed by atoms with Gasteiger partial charge in [-0.2, -0.15) is 0 Å². The SMILES string of the molecule is CC(C)Cc1cc(C(=O)N2CCCC2CCCO)cc(=O)[nH]1. The van der Waals surface area contributed by atoms with Crippen LogP contribution in [0.15, 0.2) is 16.9 Å². The molecule has 22 heavy (non-hydrogen) atoms. The van der Waals surface area contributed by atoms with Crippen LogP contribution in [0.5, 0.6) is 0 Å². The Hall–Kier alpha value is -1.62. The van der Waals surface area contributed by atoms with Crippen molar-refractivity contribution in [3.8, 4) is 0 Å². The van der Waals surface area contributed by atoms with Crippen LogP contribution in [0.25, 0.3) is 0 Å². The number of H-pyrrole nitrogens is 1. The molecule has 1 saturated heterocycles. The first-order valence-electron chi connectivity index (χ1n) is 8.16. The predicted octanol–water partition coefficient (Wildman–Crippen LogP) is 1.95. The summed E-state index contributed by atoms with van der Waals surface area (Å²) in [7, 11) is 0. The quantitative estimate of drug-likeness (QED) is 0.843. The molecule has 1 aromatic heterocycles. The summed E-state index contributed by atoms with van der Waals surface area (Å²) < 4.78 is 0. The van der Waals surface area contributed by atoms with Crippen LogP contribution in [0.4, 0.5) is 0 Å². The number of nitrogens with zero attached hydrogens (tertiary/aromatic N) is 1. The maximum atomic E-state index is 12.7. The highest BCUT2D eigenvalue weighted by Gasteiger charge is 2.29. The summed E-state index contributed by atoms with van der Waals surface area (Å²) >= 11 is 0. The largest absolute Gasteiger partial charge is 0.396 e. The Balaban J connectivity index is 2.17. The molecule has 0 spiro atoms. The van der Waals surface area contributed by atoms with Crippen molar-refractivity contribution in [2.75, 3.05) is 13.2 Å². The van der Waals surface area contributed by atoms with Crippen LogP contribution in [-0.4, -0.2) is 40.1 Å². The molecule has 2 N–H and O–H groups in total.